The van der Waals surface area contributed by atoms with Gasteiger partial charge in [-0.1, -0.05) is 31.2 Å². The van der Waals surface area contributed by atoms with Crippen LogP contribution in [0.5, 0.6) is 5.75 Å². The second kappa shape index (κ2) is 8.22. The molecule has 0 saturated carbocycles. The van der Waals surface area contributed by atoms with Gasteiger partial charge in [-0.25, -0.2) is 8.42 Å². The van der Waals surface area contributed by atoms with E-state index in [1.165, 1.54) is 4.31 Å². The predicted octanol–water partition coefficient (Wildman–Crippen LogP) is 4.05. The monoisotopic (exact) mass is 382 g/mol. The van der Waals surface area contributed by atoms with Gasteiger partial charge in [0.05, 0.1) is 24.2 Å². The molecule has 0 aliphatic carbocycles. The fraction of sp³-hybridized carbons (Fsp3) is 0.190. The van der Waals surface area contributed by atoms with E-state index in [-0.39, 0.29) is 11.4 Å². The number of benzene rings is 2. The highest BCUT2D eigenvalue weighted by Crippen LogP contribution is 2.28. The van der Waals surface area contributed by atoms with E-state index in [1.807, 2.05) is 25.1 Å². The van der Waals surface area contributed by atoms with Crippen LogP contribution in [0.15, 0.2) is 78.0 Å². The van der Waals surface area contributed by atoms with Crippen LogP contribution in [-0.4, -0.2) is 20.5 Å². The molecule has 0 spiro atoms. The number of aromatic nitrogens is 1. The summed E-state index contributed by atoms with van der Waals surface area (Å²) in [5.41, 5.74) is 2.43. The van der Waals surface area contributed by atoms with Crippen molar-refractivity contribution in [1.82, 2.24) is 4.98 Å². The van der Waals surface area contributed by atoms with Crippen LogP contribution in [0.2, 0.25) is 0 Å². The Labute approximate surface area is 160 Å². The minimum atomic E-state index is -3.75. The third-order valence-electron chi connectivity index (χ3n) is 4.31. The van der Waals surface area contributed by atoms with Gasteiger partial charge in [0.15, 0.2) is 0 Å². The molecule has 2 aromatic carbocycles. The molecule has 6 heteroatoms. The van der Waals surface area contributed by atoms with Crippen molar-refractivity contribution < 1.29 is 13.2 Å². The van der Waals surface area contributed by atoms with Crippen LogP contribution >= 0.6 is 0 Å². The lowest BCUT2D eigenvalue weighted by atomic mass is 10.2. The first-order valence-corrected chi connectivity index (χ1v) is 10.1. The Bertz CT molecular complexity index is 987. The number of nitrogens with zero attached hydrogens (tertiary/aromatic N) is 2. The van der Waals surface area contributed by atoms with Gasteiger partial charge in [0, 0.05) is 18.5 Å². The van der Waals surface area contributed by atoms with Crippen LogP contribution in [-0.2, 0) is 23.0 Å². The molecule has 0 fully saturated rings. The van der Waals surface area contributed by atoms with Gasteiger partial charge in [0.1, 0.15) is 5.75 Å². The topological polar surface area (TPSA) is 59.5 Å². The fourth-order valence-electron chi connectivity index (χ4n) is 2.76. The summed E-state index contributed by atoms with van der Waals surface area (Å²) in [6.07, 6.45) is 4.19. The lowest BCUT2D eigenvalue weighted by molar-refractivity contribution is 0.415. The van der Waals surface area contributed by atoms with Gasteiger partial charge in [0.25, 0.3) is 10.0 Å². The van der Waals surface area contributed by atoms with Crippen molar-refractivity contribution in [1.29, 1.82) is 0 Å². The number of sulfonamides is 1. The molecule has 0 N–H and O–H groups in total. The summed E-state index contributed by atoms with van der Waals surface area (Å²) in [5.74, 6) is 0.597. The Morgan fingerprint density at radius 2 is 1.78 bits per heavy atom. The van der Waals surface area contributed by atoms with Crippen molar-refractivity contribution in [2.24, 2.45) is 0 Å². The standard InChI is InChI=1S/C21H22N2O3S/c1-3-17-9-11-21(12-10-17)27(24,25)23(16-18-6-5-13-22-15-18)19-7-4-8-20(14-19)26-2/h4-15H,3,16H2,1-2H3. The van der Waals surface area contributed by atoms with Crippen molar-refractivity contribution >= 4 is 15.7 Å². The second-order valence-corrected chi connectivity index (χ2v) is 7.93. The predicted molar refractivity (Wildman–Crippen MR) is 106 cm³/mol. The molecule has 0 amide bonds. The van der Waals surface area contributed by atoms with Crippen molar-refractivity contribution in [2.75, 3.05) is 11.4 Å². The first-order chi connectivity index (χ1) is 13.0. The normalized spacial score (nSPS) is 11.2. The zero-order valence-electron chi connectivity index (χ0n) is 15.4. The molecule has 27 heavy (non-hydrogen) atoms. The quantitative estimate of drug-likeness (QED) is 0.619. The molecule has 0 atom stereocenters. The Morgan fingerprint density at radius 3 is 2.41 bits per heavy atom. The van der Waals surface area contributed by atoms with Gasteiger partial charge in [0.2, 0.25) is 0 Å². The summed E-state index contributed by atoms with van der Waals surface area (Å²) in [6.45, 7) is 2.22. The van der Waals surface area contributed by atoms with Gasteiger partial charge in [-0.05, 0) is 47.9 Å². The van der Waals surface area contributed by atoms with Crippen molar-refractivity contribution in [3.05, 3.63) is 84.2 Å². The number of hydrogen-bond acceptors (Lipinski definition) is 4. The molecule has 0 bridgehead atoms. The summed E-state index contributed by atoms with van der Waals surface area (Å²) >= 11 is 0. The Hall–Kier alpha value is -2.86. The van der Waals surface area contributed by atoms with Crippen LogP contribution < -0.4 is 9.04 Å². The van der Waals surface area contributed by atoms with E-state index in [1.54, 1.807) is 62.0 Å². The number of hydrogen-bond donors (Lipinski definition) is 0. The molecule has 3 aromatic rings. The number of pyridine rings is 1. The zero-order valence-corrected chi connectivity index (χ0v) is 16.2. The summed E-state index contributed by atoms with van der Waals surface area (Å²) < 4.78 is 33.5. The van der Waals surface area contributed by atoms with E-state index in [0.717, 1.165) is 17.5 Å². The smallest absolute Gasteiger partial charge is 0.264 e. The summed E-state index contributed by atoms with van der Waals surface area (Å²) in [6, 6.07) is 17.7. The van der Waals surface area contributed by atoms with Crippen LogP contribution in [0.3, 0.4) is 0 Å². The molecule has 0 radical (unpaired) electrons. The average molecular weight is 382 g/mol. The molecular formula is C21H22N2O3S. The highest BCUT2D eigenvalue weighted by Gasteiger charge is 2.25. The largest absolute Gasteiger partial charge is 0.497 e. The van der Waals surface area contributed by atoms with E-state index in [4.69, 9.17) is 4.74 Å². The Kier molecular flexibility index (Phi) is 5.76. The van der Waals surface area contributed by atoms with E-state index in [0.29, 0.717) is 11.4 Å². The lowest BCUT2D eigenvalue weighted by Gasteiger charge is -2.25. The zero-order chi connectivity index (χ0) is 19.3. The van der Waals surface area contributed by atoms with E-state index < -0.39 is 10.0 Å². The third kappa shape index (κ3) is 4.28. The number of anilines is 1. The van der Waals surface area contributed by atoms with Crippen molar-refractivity contribution in [2.45, 2.75) is 24.8 Å². The first kappa shape index (κ1) is 18.9. The molecule has 1 aromatic heterocycles. The molecule has 0 aliphatic heterocycles. The lowest BCUT2D eigenvalue weighted by Crippen LogP contribution is -2.30. The maximum Gasteiger partial charge on any atom is 0.264 e. The van der Waals surface area contributed by atoms with Gasteiger partial charge < -0.3 is 4.74 Å². The number of aryl methyl sites for hydroxylation is 1. The molecule has 140 valence electrons. The van der Waals surface area contributed by atoms with E-state index in [2.05, 4.69) is 4.98 Å². The Morgan fingerprint density at radius 1 is 1.00 bits per heavy atom. The molecule has 1 heterocycles. The van der Waals surface area contributed by atoms with E-state index >= 15 is 0 Å². The Balaban J connectivity index is 2.06. The van der Waals surface area contributed by atoms with Crippen LogP contribution in [0.25, 0.3) is 0 Å². The van der Waals surface area contributed by atoms with Gasteiger partial charge in [-0.15, -0.1) is 0 Å². The van der Waals surface area contributed by atoms with Gasteiger partial charge in [-0.3, -0.25) is 9.29 Å². The van der Waals surface area contributed by atoms with Gasteiger partial charge in [-0.2, -0.15) is 0 Å². The van der Waals surface area contributed by atoms with Gasteiger partial charge >= 0.3 is 0 Å². The highest BCUT2D eigenvalue weighted by molar-refractivity contribution is 7.92. The maximum absolute atomic E-state index is 13.4. The van der Waals surface area contributed by atoms with Crippen LogP contribution in [0, 0.1) is 0 Å². The third-order valence-corrected chi connectivity index (χ3v) is 6.10. The minimum absolute atomic E-state index is 0.179. The molecule has 0 saturated heterocycles. The van der Waals surface area contributed by atoms with Crippen molar-refractivity contribution in [3.8, 4) is 5.75 Å². The maximum atomic E-state index is 13.4. The highest BCUT2D eigenvalue weighted by atomic mass is 32.2. The SMILES string of the molecule is CCc1ccc(S(=O)(=O)N(Cc2cccnc2)c2cccc(OC)c2)cc1. The number of methoxy groups -OCH3 is 1. The molecule has 5 nitrogen and oxygen atoms in total. The molecule has 0 aliphatic rings. The number of ether oxygens (including phenoxy) is 1. The van der Waals surface area contributed by atoms with Crippen LogP contribution in [0.4, 0.5) is 5.69 Å². The summed E-state index contributed by atoms with van der Waals surface area (Å²) in [7, 11) is -2.19. The summed E-state index contributed by atoms with van der Waals surface area (Å²) in [5, 5.41) is 0. The molecule has 3 rings (SSSR count). The average Bonchev–Trinajstić information content (AvgIpc) is 2.72. The molecular weight excluding hydrogens is 360 g/mol. The van der Waals surface area contributed by atoms with Crippen molar-refractivity contribution in [3.63, 3.8) is 0 Å². The van der Waals surface area contributed by atoms with E-state index in [9.17, 15) is 8.42 Å². The summed E-state index contributed by atoms with van der Waals surface area (Å²) in [4.78, 5) is 4.35. The number of rotatable bonds is 7. The van der Waals surface area contributed by atoms with Crippen LogP contribution in [0.1, 0.15) is 18.1 Å². The first-order valence-electron chi connectivity index (χ1n) is 8.69. The second-order valence-electron chi connectivity index (χ2n) is 6.07. The minimum Gasteiger partial charge on any atom is -0.497 e. The molecule has 0 unspecified atom stereocenters. The fourth-order valence-corrected chi connectivity index (χ4v) is 4.21.